The number of hydrogen-bond acceptors (Lipinski definition) is 3. The van der Waals surface area contributed by atoms with Gasteiger partial charge in [0.2, 0.25) is 0 Å². The van der Waals surface area contributed by atoms with Crippen LogP contribution < -0.4 is 15.5 Å². The summed E-state index contributed by atoms with van der Waals surface area (Å²) < 4.78 is 15.1. The minimum atomic E-state index is -3.70. The summed E-state index contributed by atoms with van der Waals surface area (Å²) in [5.74, 6) is 1.000. The first-order valence-corrected chi connectivity index (χ1v) is 6.85. The Kier molecular flexibility index (Phi) is 3.55. The summed E-state index contributed by atoms with van der Waals surface area (Å²) in [4.78, 5) is 16.1. The summed E-state index contributed by atoms with van der Waals surface area (Å²) in [7, 11) is 2.90. The Bertz CT molecular complexity index is 429. The quantitative estimate of drug-likeness (QED) is 0.253. The smallest absolute Gasteiger partial charge is 0.360 e. The van der Waals surface area contributed by atoms with Crippen LogP contribution in [0.4, 0.5) is 0 Å². The Morgan fingerprint density at radius 3 is 2.41 bits per heavy atom. The second-order valence-corrected chi connectivity index (χ2v) is 7.10. The average molecular weight is 261 g/mol. The number of rotatable bonds is 0. The minimum Gasteiger partial charge on any atom is -0.769 e. The van der Waals surface area contributed by atoms with Crippen molar-refractivity contribution >= 4 is 19.4 Å². The maximum atomic E-state index is 12.2. The van der Waals surface area contributed by atoms with Gasteiger partial charge in [-0.3, -0.25) is 9.14 Å². The molecule has 0 aromatic rings. The normalized spacial score (nSPS) is 28.6. The zero-order chi connectivity index (χ0) is 13.4. The van der Waals surface area contributed by atoms with Crippen molar-refractivity contribution < 1.29 is 14.0 Å². The third-order valence-electron chi connectivity index (χ3n) is 3.22. The van der Waals surface area contributed by atoms with Gasteiger partial charge < -0.3 is 10.2 Å². The van der Waals surface area contributed by atoms with Crippen LogP contribution in [0.3, 0.4) is 0 Å². The van der Waals surface area contributed by atoms with Crippen LogP contribution in [0.25, 0.3) is 0 Å². The lowest BCUT2D eigenvalue weighted by atomic mass is 10.4. The molecule has 1 rings (SSSR count). The van der Waals surface area contributed by atoms with E-state index in [-0.39, 0.29) is 0 Å². The van der Waals surface area contributed by atoms with Crippen LogP contribution >= 0.6 is 7.52 Å². The molecule has 0 bridgehead atoms. The minimum absolute atomic E-state index is 0.489. The van der Waals surface area contributed by atoms with E-state index < -0.39 is 12.8 Å². The van der Waals surface area contributed by atoms with Crippen molar-refractivity contribution in [1.82, 2.24) is 15.3 Å². The highest BCUT2D eigenvalue weighted by molar-refractivity contribution is 7.56. The summed E-state index contributed by atoms with van der Waals surface area (Å²) in [5.41, 5.74) is 0. The fraction of sp³-hybridized carbons (Fsp3) is 0.778. The van der Waals surface area contributed by atoms with Crippen molar-refractivity contribution in [3.05, 3.63) is 0 Å². The Morgan fingerprint density at radius 1 is 1.59 bits per heavy atom. The number of nitrogens with one attached hydrogen (secondary N) is 2. The second kappa shape index (κ2) is 4.31. The van der Waals surface area contributed by atoms with Crippen molar-refractivity contribution in [3.63, 3.8) is 0 Å². The molecule has 0 saturated heterocycles. The van der Waals surface area contributed by atoms with Gasteiger partial charge in [0.15, 0.2) is 12.8 Å². The van der Waals surface area contributed by atoms with Crippen LogP contribution in [-0.4, -0.2) is 54.6 Å². The summed E-state index contributed by atoms with van der Waals surface area (Å²) in [6.45, 7) is 3.35. The molecule has 7 nitrogen and oxygen atoms in total. The molecule has 0 radical (unpaired) electrons. The molecule has 1 heterocycles. The Hall–Kier alpha value is -1.07. The Labute approximate surface area is 102 Å². The van der Waals surface area contributed by atoms with Gasteiger partial charge >= 0.3 is 5.96 Å². The zero-order valence-corrected chi connectivity index (χ0v) is 12.0. The molecule has 0 saturated carbocycles. The molecule has 1 unspecified atom stereocenters. The van der Waals surface area contributed by atoms with E-state index in [1.807, 2.05) is 0 Å². The molecule has 0 amide bonds. The third kappa shape index (κ3) is 1.93. The van der Waals surface area contributed by atoms with Gasteiger partial charge in [0.05, 0.1) is 14.1 Å². The van der Waals surface area contributed by atoms with Gasteiger partial charge in [0.1, 0.15) is 0 Å². The van der Waals surface area contributed by atoms with Crippen LogP contribution in [0.5, 0.6) is 0 Å². The molecule has 0 aromatic heterocycles. The van der Waals surface area contributed by atoms with E-state index in [1.54, 1.807) is 39.6 Å². The molecular formula is C9H20N5O2P. The van der Waals surface area contributed by atoms with E-state index in [0.717, 1.165) is 0 Å². The van der Waals surface area contributed by atoms with Gasteiger partial charge in [0, 0.05) is 14.1 Å². The highest BCUT2D eigenvalue weighted by atomic mass is 31.2. The van der Waals surface area contributed by atoms with E-state index in [1.165, 1.54) is 11.7 Å². The van der Waals surface area contributed by atoms with E-state index in [0.29, 0.717) is 11.9 Å². The van der Waals surface area contributed by atoms with Crippen molar-refractivity contribution in [2.45, 2.75) is 19.1 Å². The summed E-state index contributed by atoms with van der Waals surface area (Å²) in [6, 6.07) is 0. The number of hydrogen-bond donors (Lipinski definition) is 2. The van der Waals surface area contributed by atoms with E-state index >= 15 is 0 Å². The summed E-state index contributed by atoms with van der Waals surface area (Å²) in [6.07, 6.45) is 0. The maximum Gasteiger partial charge on any atom is 0.360 e. The molecule has 0 aromatic carbocycles. The van der Waals surface area contributed by atoms with Gasteiger partial charge in [-0.2, -0.15) is 0 Å². The fourth-order valence-electron chi connectivity index (χ4n) is 1.66. The van der Waals surface area contributed by atoms with Gasteiger partial charge in [-0.1, -0.05) is 0 Å². The number of aliphatic imine (C=N–C) groups is 1. The average Bonchev–Trinajstić information content (AvgIpc) is 2.38. The molecule has 98 valence electrons. The third-order valence-corrected chi connectivity index (χ3v) is 5.88. The lowest BCUT2D eigenvalue weighted by molar-refractivity contribution is -0.551. The van der Waals surface area contributed by atoms with E-state index in [9.17, 15) is 9.46 Å². The van der Waals surface area contributed by atoms with Gasteiger partial charge in [-0.25, -0.2) is 15.0 Å². The first kappa shape index (κ1) is 14.0. The monoisotopic (exact) mass is 261 g/mol. The van der Waals surface area contributed by atoms with Gasteiger partial charge in [-0.15, -0.1) is 0 Å². The van der Waals surface area contributed by atoms with Gasteiger partial charge in [-0.05, 0) is 13.8 Å². The molecule has 1 aliphatic rings. The largest absolute Gasteiger partial charge is 0.769 e. The van der Waals surface area contributed by atoms with E-state index in [2.05, 4.69) is 15.6 Å². The van der Waals surface area contributed by atoms with Crippen LogP contribution in [-0.2, 0) is 4.57 Å². The van der Waals surface area contributed by atoms with Gasteiger partial charge in [0.25, 0.3) is 5.96 Å². The lowest BCUT2D eigenvalue weighted by Gasteiger charge is -2.32. The van der Waals surface area contributed by atoms with Crippen LogP contribution in [0, 0.1) is 0 Å². The predicted molar refractivity (Wildman–Crippen MR) is 66.2 cm³/mol. The lowest BCUT2D eigenvalue weighted by Crippen LogP contribution is -2.46. The molecule has 0 fully saturated rings. The van der Waals surface area contributed by atoms with E-state index in [4.69, 9.17) is 0 Å². The Morgan fingerprint density at radius 2 is 2.12 bits per heavy atom. The Balaban J connectivity index is 3.17. The fourth-order valence-corrected chi connectivity index (χ4v) is 3.30. The first-order valence-electron chi connectivity index (χ1n) is 5.27. The highest BCUT2D eigenvalue weighted by Crippen LogP contribution is 2.56. The first-order chi connectivity index (χ1) is 7.70. The second-order valence-electron chi connectivity index (χ2n) is 4.37. The molecule has 8 heteroatoms. The molecule has 2 N–H and O–H groups in total. The molecular weight excluding hydrogens is 241 g/mol. The highest BCUT2D eigenvalue weighted by Gasteiger charge is 2.51. The van der Waals surface area contributed by atoms with Crippen molar-refractivity contribution in [2.24, 2.45) is 4.99 Å². The zero-order valence-electron chi connectivity index (χ0n) is 11.1. The number of guanidine groups is 2. The molecule has 0 aliphatic carbocycles. The molecule has 1 atom stereocenters. The number of nitrogens with zero attached hydrogens (tertiary/aromatic N) is 3. The molecule has 1 aliphatic heterocycles. The molecule has 0 spiro atoms. The van der Waals surface area contributed by atoms with Crippen molar-refractivity contribution in [2.75, 3.05) is 28.2 Å². The van der Waals surface area contributed by atoms with Crippen LogP contribution in [0.2, 0.25) is 0 Å². The summed E-state index contributed by atoms with van der Waals surface area (Å²) in [5, 5.41) is 4.86. The summed E-state index contributed by atoms with van der Waals surface area (Å²) >= 11 is 0. The standard InChI is InChI=1S/C9H20N5O2P/c1-9(2)13(5)8(12-7(10-3)11-4)14(6)17(9,15)16/h1-6H3,(H2,10,11,15,16). The van der Waals surface area contributed by atoms with Crippen LogP contribution in [0.1, 0.15) is 13.8 Å². The van der Waals surface area contributed by atoms with Crippen molar-refractivity contribution in [3.8, 4) is 0 Å². The molecule has 17 heavy (non-hydrogen) atoms. The topological polar surface area (TPSA) is 82.8 Å². The maximum absolute atomic E-state index is 12.2. The SMILES string of the molecule is CN=C(NC)NC1=[N+](C)C(C)(C)P(=O)([O-])N1C. The predicted octanol–water partition coefficient (Wildman–Crippen LogP) is -0.986. The van der Waals surface area contributed by atoms with Crippen LogP contribution in [0.15, 0.2) is 4.99 Å². The van der Waals surface area contributed by atoms with Crippen molar-refractivity contribution in [1.29, 1.82) is 0 Å².